The molecule has 0 unspecified atom stereocenters. The Labute approximate surface area is 137 Å². The van der Waals surface area contributed by atoms with Gasteiger partial charge in [-0.1, -0.05) is 41.4 Å². The van der Waals surface area contributed by atoms with E-state index in [1.807, 2.05) is 10.3 Å². The van der Waals surface area contributed by atoms with Gasteiger partial charge in [-0.05, 0) is 30.3 Å². The number of sulfonamides is 1. The van der Waals surface area contributed by atoms with Crippen molar-refractivity contribution >= 4 is 44.9 Å². The number of carbonyl (C=O) groups is 1. The first-order chi connectivity index (χ1) is 10.4. The molecular formula is C13H11Cl2N3O3S. The number of halogens is 2. The molecule has 0 atom stereocenters. The van der Waals surface area contributed by atoms with E-state index >= 15 is 0 Å². The van der Waals surface area contributed by atoms with E-state index in [9.17, 15) is 13.2 Å². The lowest BCUT2D eigenvalue weighted by Crippen LogP contribution is -2.43. The second-order valence-electron chi connectivity index (χ2n) is 4.16. The number of hydrogen-bond acceptors (Lipinski definition) is 3. The third-order valence-electron chi connectivity index (χ3n) is 2.48. The van der Waals surface area contributed by atoms with Crippen LogP contribution >= 0.6 is 23.2 Å². The van der Waals surface area contributed by atoms with E-state index in [2.05, 4.69) is 5.32 Å². The molecule has 0 aliphatic heterocycles. The third kappa shape index (κ3) is 4.60. The molecule has 0 aliphatic rings. The molecule has 3 N–H and O–H groups in total. The van der Waals surface area contributed by atoms with Gasteiger partial charge in [0, 0.05) is 15.7 Å². The van der Waals surface area contributed by atoms with E-state index in [1.54, 1.807) is 30.3 Å². The number of benzene rings is 2. The Morgan fingerprint density at radius 1 is 0.955 bits per heavy atom. The number of nitrogens with one attached hydrogen (secondary N) is 3. The predicted octanol–water partition coefficient (Wildman–Crippen LogP) is 3.01. The lowest BCUT2D eigenvalue weighted by Gasteiger charge is -2.10. The summed E-state index contributed by atoms with van der Waals surface area (Å²) < 4.78 is 24.0. The first-order valence-corrected chi connectivity index (χ1v) is 8.21. The molecule has 0 spiro atoms. The van der Waals surface area contributed by atoms with Crippen LogP contribution in [-0.4, -0.2) is 14.4 Å². The molecule has 0 aromatic heterocycles. The molecule has 116 valence electrons. The zero-order chi connectivity index (χ0) is 16.2. The number of hydrazine groups is 1. The van der Waals surface area contributed by atoms with Crippen molar-refractivity contribution in [3.8, 4) is 0 Å². The van der Waals surface area contributed by atoms with Crippen LogP contribution in [-0.2, 0) is 10.0 Å². The second kappa shape index (κ2) is 6.97. The van der Waals surface area contributed by atoms with Crippen LogP contribution in [0.2, 0.25) is 10.0 Å². The zero-order valence-corrected chi connectivity index (χ0v) is 13.3. The molecule has 2 aromatic carbocycles. The van der Waals surface area contributed by atoms with Crippen LogP contribution in [0.15, 0.2) is 53.4 Å². The number of urea groups is 1. The molecule has 22 heavy (non-hydrogen) atoms. The highest BCUT2D eigenvalue weighted by Crippen LogP contribution is 2.21. The smallest absolute Gasteiger partial charge is 0.307 e. The maximum absolute atomic E-state index is 12.0. The minimum absolute atomic E-state index is 0.162. The fourth-order valence-electron chi connectivity index (χ4n) is 1.54. The summed E-state index contributed by atoms with van der Waals surface area (Å²) in [7, 11) is -3.98. The van der Waals surface area contributed by atoms with Gasteiger partial charge in [-0.15, -0.1) is 4.83 Å². The summed E-state index contributed by atoms with van der Waals surface area (Å²) in [5, 5.41) is 2.80. The Bertz CT molecular complexity index is 762. The van der Waals surface area contributed by atoms with Crippen molar-refractivity contribution in [2.24, 2.45) is 0 Å². The van der Waals surface area contributed by atoms with Crippen LogP contribution < -0.4 is 15.6 Å². The Morgan fingerprint density at radius 3 is 2.14 bits per heavy atom. The Balaban J connectivity index is 2.02. The van der Waals surface area contributed by atoms with Gasteiger partial charge in [-0.2, -0.15) is 0 Å². The number of amides is 2. The van der Waals surface area contributed by atoms with Gasteiger partial charge >= 0.3 is 6.03 Å². The normalized spacial score (nSPS) is 11.0. The van der Waals surface area contributed by atoms with Crippen LogP contribution in [0.25, 0.3) is 0 Å². The van der Waals surface area contributed by atoms with Crippen molar-refractivity contribution in [1.29, 1.82) is 0 Å². The topological polar surface area (TPSA) is 87.3 Å². The fraction of sp³-hybridized carbons (Fsp3) is 0. The van der Waals surface area contributed by atoms with Gasteiger partial charge < -0.3 is 5.32 Å². The largest absolute Gasteiger partial charge is 0.334 e. The highest BCUT2D eigenvalue weighted by Gasteiger charge is 2.16. The lowest BCUT2D eigenvalue weighted by molar-refractivity contribution is 0.250. The average molecular weight is 360 g/mol. The molecule has 2 aromatic rings. The van der Waals surface area contributed by atoms with Gasteiger partial charge in [0.1, 0.15) is 0 Å². The number of anilines is 1. The Kier molecular flexibility index (Phi) is 5.25. The van der Waals surface area contributed by atoms with Gasteiger partial charge in [0.15, 0.2) is 0 Å². The van der Waals surface area contributed by atoms with Crippen LogP contribution in [0.5, 0.6) is 0 Å². The van der Waals surface area contributed by atoms with E-state index in [1.165, 1.54) is 18.2 Å². The van der Waals surface area contributed by atoms with Crippen LogP contribution in [0.1, 0.15) is 0 Å². The zero-order valence-electron chi connectivity index (χ0n) is 11.0. The van der Waals surface area contributed by atoms with Crippen molar-refractivity contribution in [3.63, 3.8) is 0 Å². The van der Waals surface area contributed by atoms with Crippen molar-refractivity contribution in [2.45, 2.75) is 4.90 Å². The summed E-state index contributed by atoms with van der Waals surface area (Å²) in [6.07, 6.45) is 0. The number of rotatable bonds is 4. The van der Waals surface area contributed by atoms with Gasteiger partial charge in [-0.25, -0.2) is 13.2 Å². The van der Waals surface area contributed by atoms with Crippen molar-refractivity contribution in [2.75, 3.05) is 5.32 Å². The highest BCUT2D eigenvalue weighted by atomic mass is 35.5. The molecule has 0 heterocycles. The molecule has 6 nitrogen and oxygen atoms in total. The Hall–Kier alpha value is -1.80. The lowest BCUT2D eigenvalue weighted by atomic mass is 10.3. The number of para-hydroxylation sites is 1. The summed E-state index contributed by atoms with van der Waals surface area (Å²) in [4.78, 5) is 13.4. The first kappa shape index (κ1) is 16.6. The molecule has 0 radical (unpaired) electrons. The molecule has 9 heteroatoms. The van der Waals surface area contributed by atoms with E-state index in [-0.39, 0.29) is 14.9 Å². The second-order valence-corrected chi connectivity index (χ2v) is 6.71. The minimum Gasteiger partial charge on any atom is -0.307 e. The van der Waals surface area contributed by atoms with E-state index in [0.29, 0.717) is 5.69 Å². The Morgan fingerprint density at radius 2 is 1.55 bits per heavy atom. The minimum atomic E-state index is -3.98. The molecular weight excluding hydrogens is 349 g/mol. The van der Waals surface area contributed by atoms with E-state index in [4.69, 9.17) is 23.2 Å². The molecule has 2 amide bonds. The maximum Gasteiger partial charge on any atom is 0.334 e. The average Bonchev–Trinajstić information content (AvgIpc) is 2.45. The van der Waals surface area contributed by atoms with Gasteiger partial charge in [0.2, 0.25) is 0 Å². The van der Waals surface area contributed by atoms with E-state index in [0.717, 1.165) is 0 Å². The van der Waals surface area contributed by atoms with E-state index < -0.39 is 16.1 Å². The first-order valence-electron chi connectivity index (χ1n) is 5.97. The monoisotopic (exact) mass is 359 g/mol. The van der Waals surface area contributed by atoms with Crippen molar-refractivity contribution in [3.05, 3.63) is 58.6 Å². The number of hydrogen-bond donors (Lipinski definition) is 3. The molecule has 2 rings (SSSR count). The molecule has 0 saturated carbocycles. The summed E-state index contributed by atoms with van der Waals surface area (Å²) in [6.45, 7) is 0. The highest BCUT2D eigenvalue weighted by molar-refractivity contribution is 7.89. The van der Waals surface area contributed by atoms with Crippen LogP contribution in [0.3, 0.4) is 0 Å². The van der Waals surface area contributed by atoms with Gasteiger partial charge in [0.25, 0.3) is 10.0 Å². The molecule has 0 saturated heterocycles. The van der Waals surface area contributed by atoms with Crippen LogP contribution in [0.4, 0.5) is 10.5 Å². The quantitative estimate of drug-likeness (QED) is 0.733. The SMILES string of the molecule is O=C(NNS(=O)(=O)c1cc(Cl)cc(Cl)c1)Nc1ccccc1. The summed E-state index contributed by atoms with van der Waals surface area (Å²) in [5.41, 5.74) is 2.55. The van der Waals surface area contributed by atoms with Crippen molar-refractivity contribution < 1.29 is 13.2 Å². The molecule has 0 fully saturated rings. The summed E-state index contributed by atoms with van der Waals surface area (Å²) in [5.74, 6) is 0. The predicted molar refractivity (Wildman–Crippen MR) is 85.4 cm³/mol. The molecule has 0 bridgehead atoms. The van der Waals surface area contributed by atoms with Crippen molar-refractivity contribution in [1.82, 2.24) is 10.3 Å². The maximum atomic E-state index is 12.0. The fourth-order valence-corrected chi connectivity index (χ4v) is 3.10. The standard InChI is InChI=1S/C13H11Cl2N3O3S/c14-9-6-10(15)8-12(7-9)22(20,21)18-17-13(19)16-11-4-2-1-3-5-11/h1-8,18H,(H2,16,17,19). The molecule has 0 aliphatic carbocycles. The third-order valence-corrected chi connectivity index (χ3v) is 4.14. The van der Waals surface area contributed by atoms with Gasteiger partial charge in [0.05, 0.1) is 4.90 Å². The van der Waals surface area contributed by atoms with Crippen LogP contribution in [0, 0.1) is 0 Å². The number of carbonyl (C=O) groups excluding carboxylic acids is 1. The van der Waals surface area contributed by atoms with Gasteiger partial charge in [-0.3, -0.25) is 5.43 Å². The summed E-state index contributed by atoms with van der Waals surface area (Å²) >= 11 is 11.5. The summed E-state index contributed by atoms with van der Waals surface area (Å²) in [6, 6.07) is 11.7.